The molecular weight excluding hydrogens is 390 g/mol. The fourth-order valence-electron chi connectivity index (χ4n) is 1.88. The topological polar surface area (TPSA) is 55.7 Å². The van der Waals surface area contributed by atoms with Crippen LogP contribution in [0.3, 0.4) is 0 Å². The van der Waals surface area contributed by atoms with Crippen molar-refractivity contribution in [2.45, 2.75) is 23.1 Å². The van der Waals surface area contributed by atoms with Gasteiger partial charge in [-0.25, -0.2) is 4.79 Å². The van der Waals surface area contributed by atoms with Crippen LogP contribution in [0.2, 0.25) is 0 Å². The highest BCUT2D eigenvalue weighted by Crippen LogP contribution is 2.27. The summed E-state index contributed by atoms with van der Waals surface area (Å²) in [6.07, 6.45) is 0.382. The Bertz CT molecular complexity index is 730. The third-order valence-electron chi connectivity index (χ3n) is 2.97. The van der Waals surface area contributed by atoms with Gasteiger partial charge in [0, 0.05) is 34.0 Å². The van der Waals surface area contributed by atoms with Crippen LogP contribution in [0.15, 0.2) is 69.5 Å². The zero-order chi connectivity index (χ0) is 17.4. The summed E-state index contributed by atoms with van der Waals surface area (Å²) in [7, 11) is 0. The fourth-order valence-corrected chi connectivity index (χ4v) is 3.09. The van der Waals surface area contributed by atoms with Gasteiger partial charge in [0.05, 0.1) is 0 Å². The number of carbonyl (C=O) groups excluding carboxylic acids is 2. The predicted molar refractivity (Wildman–Crippen MR) is 98.9 cm³/mol. The van der Waals surface area contributed by atoms with E-state index in [1.54, 1.807) is 23.9 Å². The Morgan fingerprint density at radius 2 is 1.67 bits per heavy atom. The first-order valence-electron chi connectivity index (χ1n) is 7.28. The number of hydrogen-bond acceptors (Lipinski definition) is 5. The van der Waals surface area contributed by atoms with Crippen LogP contribution in [0.25, 0.3) is 0 Å². The van der Waals surface area contributed by atoms with Crippen LogP contribution in [0.1, 0.15) is 23.7 Å². The monoisotopic (exact) mass is 405 g/mol. The highest BCUT2D eigenvalue weighted by molar-refractivity contribution is 9.09. The Kier molecular flexibility index (Phi) is 7.21. The Morgan fingerprint density at radius 3 is 2.25 bits per heavy atom. The lowest BCUT2D eigenvalue weighted by atomic mass is 10.1. The van der Waals surface area contributed by atoms with Gasteiger partial charge in [-0.15, -0.1) is 0 Å². The van der Waals surface area contributed by atoms with E-state index < -0.39 is 5.97 Å². The summed E-state index contributed by atoms with van der Waals surface area (Å²) >= 11 is 4.89. The first kappa shape index (κ1) is 18.4. The van der Waals surface area contributed by atoms with E-state index in [0.29, 0.717) is 17.3 Å². The number of ketones is 1. The molecule has 6 heteroatoms. The quantitative estimate of drug-likeness (QED) is 0.219. The molecule has 0 N–H and O–H groups in total. The summed E-state index contributed by atoms with van der Waals surface area (Å²) in [5, 5.41) is 4.22. The molecule has 124 valence electrons. The maximum atomic E-state index is 12.5. The second kappa shape index (κ2) is 9.39. The van der Waals surface area contributed by atoms with Crippen molar-refractivity contribution < 1.29 is 14.4 Å². The smallest absolute Gasteiger partial charge is 0.318 e. The van der Waals surface area contributed by atoms with Crippen LogP contribution in [0.4, 0.5) is 0 Å². The van der Waals surface area contributed by atoms with Gasteiger partial charge in [-0.1, -0.05) is 51.0 Å². The van der Waals surface area contributed by atoms with Crippen LogP contribution in [-0.2, 0) is 9.63 Å². The molecule has 0 atom stereocenters. The predicted octanol–water partition coefficient (Wildman–Crippen LogP) is 4.72. The number of benzene rings is 2. The maximum Gasteiger partial charge on any atom is 0.331 e. The Hall–Kier alpha value is -1.92. The second-order valence-electron chi connectivity index (χ2n) is 4.83. The molecular formula is C18H16BrNO3S. The van der Waals surface area contributed by atoms with Gasteiger partial charge in [0.1, 0.15) is 5.71 Å². The van der Waals surface area contributed by atoms with Gasteiger partial charge in [-0.05, 0) is 36.4 Å². The molecule has 0 aliphatic heterocycles. The van der Waals surface area contributed by atoms with Crippen LogP contribution in [-0.4, -0.2) is 22.8 Å². The summed E-state index contributed by atoms with van der Waals surface area (Å²) in [6.45, 7) is 1.25. The van der Waals surface area contributed by atoms with Crippen molar-refractivity contribution in [3.63, 3.8) is 0 Å². The van der Waals surface area contributed by atoms with E-state index in [-0.39, 0.29) is 11.5 Å². The van der Waals surface area contributed by atoms with Crippen molar-refractivity contribution in [1.82, 2.24) is 0 Å². The van der Waals surface area contributed by atoms with Crippen molar-refractivity contribution in [2.24, 2.45) is 5.16 Å². The Balaban J connectivity index is 2.11. The number of carbonyl (C=O) groups is 2. The third kappa shape index (κ3) is 5.62. The van der Waals surface area contributed by atoms with Crippen molar-refractivity contribution >= 4 is 45.2 Å². The first-order valence-corrected chi connectivity index (χ1v) is 9.22. The number of hydrogen-bond donors (Lipinski definition) is 0. The van der Waals surface area contributed by atoms with Crippen molar-refractivity contribution in [2.75, 3.05) is 5.33 Å². The van der Waals surface area contributed by atoms with Gasteiger partial charge in [0.25, 0.3) is 0 Å². The number of oxime groups is 1. The summed E-state index contributed by atoms with van der Waals surface area (Å²) in [4.78, 5) is 30.1. The molecule has 0 aromatic heterocycles. The standard InChI is InChI=1S/C18H16BrNO3S/c1-13(21)23-20-17(11-12-19)18(22)14-7-9-16(10-8-14)24-15-5-3-2-4-6-15/h2-10H,11-12H2,1H3. The maximum absolute atomic E-state index is 12.5. The summed E-state index contributed by atoms with van der Waals surface area (Å²) in [5.41, 5.74) is 0.727. The van der Waals surface area contributed by atoms with Crippen LogP contribution in [0, 0.1) is 0 Å². The van der Waals surface area contributed by atoms with E-state index in [1.807, 2.05) is 42.5 Å². The molecule has 0 saturated heterocycles. The molecule has 0 aliphatic rings. The fraction of sp³-hybridized carbons (Fsp3) is 0.167. The van der Waals surface area contributed by atoms with Gasteiger partial charge in [0.15, 0.2) is 0 Å². The largest absolute Gasteiger partial charge is 0.331 e. The molecule has 0 spiro atoms. The number of alkyl halides is 1. The minimum absolute atomic E-state index is 0.213. The van der Waals surface area contributed by atoms with Crippen molar-refractivity contribution in [3.05, 3.63) is 60.2 Å². The van der Waals surface area contributed by atoms with E-state index in [0.717, 1.165) is 9.79 Å². The molecule has 0 fully saturated rings. The molecule has 2 rings (SSSR count). The van der Waals surface area contributed by atoms with Crippen molar-refractivity contribution in [3.8, 4) is 0 Å². The molecule has 0 bridgehead atoms. The van der Waals surface area contributed by atoms with E-state index in [9.17, 15) is 9.59 Å². The van der Waals surface area contributed by atoms with Gasteiger partial charge in [-0.2, -0.15) is 0 Å². The highest BCUT2D eigenvalue weighted by atomic mass is 79.9. The van der Waals surface area contributed by atoms with Gasteiger partial charge >= 0.3 is 5.97 Å². The van der Waals surface area contributed by atoms with Gasteiger partial charge in [0.2, 0.25) is 5.78 Å². The van der Waals surface area contributed by atoms with Gasteiger partial charge < -0.3 is 4.84 Å². The van der Waals surface area contributed by atoms with E-state index >= 15 is 0 Å². The third-order valence-corrected chi connectivity index (χ3v) is 4.39. The van der Waals surface area contributed by atoms with Crippen LogP contribution in [0.5, 0.6) is 0 Å². The highest BCUT2D eigenvalue weighted by Gasteiger charge is 2.15. The minimum atomic E-state index is -0.551. The van der Waals surface area contributed by atoms with Crippen LogP contribution >= 0.6 is 27.7 Å². The average molecular weight is 406 g/mol. The lowest BCUT2D eigenvalue weighted by molar-refractivity contribution is -0.140. The SMILES string of the molecule is CC(=O)ON=C(CCBr)C(=O)c1ccc(Sc2ccccc2)cc1. The van der Waals surface area contributed by atoms with E-state index in [1.165, 1.54) is 6.92 Å². The Morgan fingerprint density at radius 1 is 1.04 bits per heavy atom. The Labute approximate surface area is 153 Å². The van der Waals surface area contributed by atoms with E-state index in [4.69, 9.17) is 0 Å². The summed E-state index contributed by atoms with van der Waals surface area (Å²) < 4.78 is 0. The molecule has 0 saturated carbocycles. The number of rotatable bonds is 7. The van der Waals surface area contributed by atoms with Crippen LogP contribution < -0.4 is 0 Å². The molecule has 0 aliphatic carbocycles. The van der Waals surface area contributed by atoms with Gasteiger partial charge in [-0.3, -0.25) is 4.79 Å². The zero-order valence-electron chi connectivity index (χ0n) is 13.1. The van der Waals surface area contributed by atoms with Crippen molar-refractivity contribution in [1.29, 1.82) is 0 Å². The second-order valence-corrected chi connectivity index (χ2v) is 6.77. The minimum Gasteiger partial charge on any atom is -0.318 e. The molecule has 0 unspecified atom stereocenters. The molecule has 0 heterocycles. The molecule has 0 radical (unpaired) electrons. The number of halogens is 1. The summed E-state index contributed by atoms with van der Waals surface area (Å²) in [6, 6.07) is 17.3. The molecule has 24 heavy (non-hydrogen) atoms. The normalized spacial score (nSPS) is 11.2. The molecule has 4 nitrogen and oxygen atoms in total. The lowest BCUT2D eigenvalue weighted by Crippen LogP contribution is -2.16. The lowest BCUT2D eigenvalue weighted by Gasteiger charge is -2.05. The first-order chi connectivity index (χ1) is 11.6. The average Bonchev–Trinajstić information content (AvgIpc) is 2.59. The number of Topliss-reactive ketones (excluding diaryl/α,β-unsaturated/α-hetero) is 1. The molecule has 2 aromatic rings. The zero-order valence-corrected chi connectivity index (χ0v) is 15.5. The number of nitrogens with zero attached hydrogens (tertiary/aromatic N) is 1. The summed E-state index contributed by atoms with van der Waals surface area (Å²) in [5.74, 6) is -0.795. The molecule has 2 aromatic carbocycles. The van der Waals surface area contributed by atoms with E-state index in [2.05, 4.69) is 25.9 Å². The molecule has 0 amide bonds.